The molecule has 0 aliphatic carbocycles. The van der Waals surface area contributed by atoms with Crippen molar-refractivity contribution in [2.45, 2.75) is 9.79 Å². The predicted molar refractivity (Wildman–Crippen MR) is 59.5 cm³/mol. The molecular weight excluding hydrogens is 278 g/mol. The Morgan fingerprint density at radius 2 is 1.59 bits per heavy atom. The van der Waals surface area contributed by atoms with Crippen molar-refractivity contribution in [3.05, 3.63) is 24.3 Å². The fourth-order valence-corrected chi connectivity index (χ4v) is 2.04. The van der Waals surface area contributed by atoms with E-state index >= 15 is 0 Å². The summed E-state index contributed by atoms with van der Waals surface area (Å²) in [5, 5.41) is 20.1. The van der Waals surface area contributed by atoms with Gasteiger partial charge in [-0.05, 0) is 28.5 Å². The van der Waals surface area contributed by atoms with E-state index in [1.165, 1.54) is 12.1 Å². The summed E-state index contributed by atoms with van der Waals surface area (Å²) in [5.74, 6) is -0.184. The van der Waals surface area contributed by atoms with E-state index in [4.69, 9.17) is 12.6 Å². The summed E-state index contributed by atoms with van der Waals surface area (Å²) < 4.78 is 10.6. The van der Waals surface area contributed by atoms with Crippen LogP contribution in [0.15, 0.2) is 34.1 Å². The van der Waals surface area contributed by atoms with Crippen molar-refractivity contribution in [3.8, 4) is 11.5 Å². The van der Waals surface area contributed by atoms with Crippen LogP contribution in [0.4, 0.5) is 0 Å². The van der Waals surface area contributed by atoms with Crippen molar-refractivity contribution >= 4 is 35.4 Å². The van der Waals surface area contributed by atoms with Gasteiger partial charge in [0.25, 0.3) is 0 Å². The normalized spacial score (nSPS) is 9.47. The van der Waals surface area contributed by atoms with Gasteiger partial charge in [0.1, 0.15) is 11.5 Å². The molecule has 0 bridgehead atoms. The summed E-state index contributed by atoms with van der Waals surface area (Å²) in [6, 6.07) is 5.93. The van der Waals surface area contributed by atoms with E-state index in [0.717, 1.165) is 0 Å². The number of rotatable bonds is 1. The van der Waals surface area contributed by atoms with Crippen molar-refractivity contribution < 1.29 is 73.9 Å². The molecule has 0 aliphatic rings. The van der Waals surface area contributed by atoms with Crippen LogP contribution in [0.5, 0.6) is 11.5 Å². The van der Waals surface area contributed by atoms with E-state index < -0.39 is 0 Å². The van der Waals surface area contributed by atoms with E-state index in [2.05, 4.69) is 0 Å². The van der Waals surface area contributed by atoms with Gasteiger partial charge < -0.3 is 27.4 Å². The average molecular weight is 284 g/mol. The van der Waals surface area contributed by atoms with E-state index in [1.54, 1.807) is 12.1 Å². The topological polar surface area (TPSA) is 63.5 Å². The molecule has 17 heavy (non-hydrogen) atoms. The third-order valence-corrected chi connectivity index (χ3v) is 2.71. The molecule has 0 radical (unpaired) electrons. The zero-order valence-electron chi connectivity index (χ0n) is 9.43. The Bertz CT molecular complexity index is 534. The summed E-state index contributed by atoms with van der Waals surface area (Å²) in [5.41, 5.74) is 0. The van der Waals surface area contributed by atoms with Crippen molar-refractivity contribution in [1.29, 1.82) is 0 Å². The number of phenols is 2. The maximum Gasteiger partial charge on any atom is 1.00 e. The van der Waals surface area contributed by atoms with Gasteiger partial charge in [-0.15, -0.1) is 0 Å². The van der Waals surface area contributed by atoms with Crippen LogP contribution < -0.4 is 59.1 Å². The number of hydrogen-bond donors (Lipinski definition) is 2. The Labute approximate surface area is 153 Å². The van der Waals surface area contributed by atoms with E-state index in [9.17, 15) is 14.8 Å². The van der Waals surface area contributed by atoms with Crippen LogP contribution in [0.3, 0.4) is 0 Å². The molecule has 2 aromatic carbocycles. The second-order valence-corrected chi connectivity index (χ2v) is 4.18. The van der Waals surface area contributed by atoms with Crippen molar-refractivity contribution in [3.63, 3.8) is 0 Å². The van der Waals surface area contributed by atoms with Gasteiger partial charge in [-0.3, -0.25) is 0 Å². The molecule has 0 saturated carbocycles. The predicted octanol–water partition coefficient (Wildman–Crippen LogP) is -3.61. The third kappa shape index (κ3) is 3.89. The Hall–Kier alpha value is 0.830. The molecular formula is C10H6Na2O3S2. The number of phenolic OH excluding ortho intramolecular Hbond substituents is 2. The average Bonchev–Trinajstić information content (AvgIpc) is 2.15. The molecule has 0 aromatic heterocycles. The zero-order valence-corrected chi connectivity index (χ0v) is 15.1. The summed E-state index contributed by atoms with van der Waals surface area (Å²) in [6.07, 6.45) is 0. The third-order valence-electron chi connectivity index (χ3n) is 2.05. The van der Waals surface area contributed by atoms with Gasteiger partial charge in [0.15, 0.2) is 0 Å². The molecule has 0 fully saturated rings. The standard InChI is InChI=1S/C10H8O3S2.2Na/c11-8-3-6(14)1-5-2-7(15-13)4-9(12)10(5)8;;/h1-4,11-14H;;/q;2*+1/p-2. The summed E-state index contributed by atoms with van der Waals surface area (Å²) >= 11 is 5.21. The van der Waals surface area contributed by atoms with Gasteiger partial charge in [0.2, 0.25) is 0 Å². The van der Waals surface area contributed by atoms with Gasteiger partial charge in [0.05, 0.1) is 5.39 Å². The van der Waals surface area contributed by atoms with Crippen LogP contribution in [-0.4, -0.2) is 14.8 Å². The van der Waals surface area contributed by atoms with Crippen molar-refractivity contribution in [1.82, 2.24) is 0 Å². The number of fused-ring (bicyclic) bond motifs is 1. The van der Waals surface area contributed by atoms with Crippen molar-refractivity contribution in [2.24, 2.45) is 0 Å². The van der Waals surface area contributed by atoms with Gasteiger partial charge >= 0.3 is 59.1 Å². The van der Waals surface area contributed by atoms with Crippen LogP contribution in [0, 0.1) is 0 Å². The van der Waals surface area contributed by atoms with Crippen LogP contribution in [-0.2, 0) is 12.6 Å². The molecule has 0 unspecified atom stereocenters. The quantitative estimate of drug-likeness (QED) is 0.322. The monoisotopic (exact) mass is 284 g/mol. The molecule has 2 N–H and O–H groups in total. The molecule has 0 spiro atoms. The minimum absolute atomic E-state index is 0. The Morgan fingerprint density at radius 3 is 2.18 bits per heavy atom. The molecule has 3 nitrogen and oxygen atoms in total. The Balaban J connectivity index is 0.00000128. The van der Waals surface area contributed by atoms with Crippen LogP contribution in [0.25, 0.3) is 10.8 Å². The second kappa shape index (κ2) is 7.43. The summed E-state index contributed by atoms with van der Waals surface area (Å²) in [6.45, 7) is 0. The maximum absolute atomic E-state index is 10.6. The molecule has 0 aliphatic heterocycles. The molecule has 0 heterocycles. The first-order valence-electron chi connectivity index (χ1n) is 4.08. The van der Waals surface area contributed by atoms with E-state index in [0.29, 0.717) is 20.6 Å². The molecule has 0 saturated heterocycles. The van der Waals surface area contributed by atoms with E-state index in [1.807, 2.05) is 0 Å². The number of aromatic hydroxyl groups is 2. The fourth-order valence-electron chi connectivity index (χ4n) is 1.46. The number of hydrogen-bond acceptors (Lipinski definition) is 5. The molecule has 7 heteroatoms. The molecule has 78 valence electrons. The van der Waals surface area contributed by atoms with Gasteiger partial charge in [-0.25, -0.2) is 12.0 Å². The minimum Gasteiger partial charge on any atom is -0.795 e. The summed E-state index contributed by atoms with van der Waals surface area (Å²) in [7, 11) is 0. The Morgan fingerprint density at radius 1 is 1.00 bits per heavy atom. The molecule has 0 atom stereocenters. The van der Waals surface area contributed by atoms with Gasteiger partial charge in [0, 0.05) is 0 Å². The first kappa shape index (κ1) is 17.8. The molecule has 2 rings (SSSR count). The SMILES string of the molecule is [Na+].[Na+].[O-]Sc1cc(O)c2c(O)cc([S-])cc2c1. The first-order valence-corrected chi connectivity index (χ1v) is 5.23. The first-order chi connectivity index (χ1) is 7.11. The van der Waals surface area contributed by atoms with Crippen LogP contribution in [0.1, 0.15) is 0 Å². The maximum atomic E-state index is 10.6. The zero-order chi connectivity index (χ0) is 11.0. The molecule has 0 amide bonds. The van der Waals surface area contributed by atoms with Gasteiger partial charge in [-0.1, -0.05) is 6.07 Å². The largest absolute Gasteiger partial charge is 1.00 e. The minimum atomic E-state index is -0.113. The van der Waals surface area contributed by atoms with Crippen molar-refractivity contribution in [2.75, 3.05) is 0 Å². The Kier molecular flexibility index (Phi) is 7.79. The van der Waals surface area contributed by atoms with Crippen LogP contribution in [0.2, 0.25) is 0 Å². The summed E-state index contributed by atoms with van der Waals surface area (Å²) in [4.78, 5) is 0.854. The van der Waals surface area contributed by atoms with E-state index in [-0.39, 0.29) is 82.7 Å². The van der Waals surface area contributed by atoms with Gasteiger partial charge in [-0.2, -0.15) is 4.90 Å². The number of benzene rings is 2. The fraction of sp³-hybridized carbons (Fsp3) is 0. The van der Waals surface area contributed by atoms with Crippen LogP contribution >= 0.6 is 12.0 Å². The molecule has 2 aromatic rings. The smallest absolute Gasteiger partial charge is 0.795 e. The second-order valence-electron chi connectivity index (χ2n) is 3.07.